The highest BCUT2D eigenvalue weighted by atomic mass is 19.2. The number of hydrogen-bond donors (Lipinski definition) is 0. The van der Waals surface area contributed by atoms with Crippen molar-refractivity contribution in [1.82, 2.24) is 0 Å². The predicted octanol–water partition coefficient (Wildman–Crippen LogP) is 7.81. The third kappa shape index (κ3) is 4.19. The molecular weight excluding hydrogens is 357 g/mol. The van der Waals surface area contributed by atoms with Crippen molar-refractivity contribution in [1.29, 1.82) is 0 Å². The molecule has 0 saturated carbocycles. The molecule has 3 rings (SSSR count). The molecule has 0 fully saturated rings. The van der Waals surface area contributed by atoms with E-state index >= 15 is 0 Å². The molecular formula is C25H23F3. The standard InChI is InChI=1S/C25H23F3/c1-3-5-7-17-8-10-19(11-9-17)24(27)25(28)21-14-15-22-20(16-21)13-12-18(6-4-2)23(22)26/h3,8-16H,1,4-7H2,2H3. The van der Waals surface area contributed by atoms with Gasteiger partial charge in [-0.2, -0.15) is 0 Å². The number of aryl methyl sites for hydroxylation is 2. The molecule has 0 nitrogen and oxygen atoms in total. The Kier molecular flexibility index (Phi) is 6.35. The van der Waals surface area contributed by atoms with Gasteiger partial charge in [-0.05, 0) is 41.8 Å². The molecule has 0 aromatic heterocycles. The summed E-state index contributed by atoms with van der Waals surface area (Å²) >= 11 is 0. The SMILES string of the molecule is C=CCCc1ccc(C(F)=C(F)c2ccc3c(F)c(CCC)ccc3c2)cc1. The summed E-state index contributed by atoms with van der Waals surface area (Å²) in [4.78, 5) is 0. The molecule has 0 spiro atoms. The topological polar surface area (TPSA) is 0 Å². The van der Waals surface area contributed by atoms with Crippen LogP contribution in [0.15, 0.2) is 67.3 Å². The van der Waals surface area contributed by atoms with E-state index < -0.39 is 11.7 Å². The monoisotopic (exact) mass is 380 g/mol. The highest BCUT2D eigenvalue weighted by molar-refractivity contribution is 5.90. The molecule has 0 aliphatic rings. The van der Waals surface area contributed by atoms with E-state index in [0.717, 1.165) is 24.8 Å². The first-order valence-electron chi connectivity index (χ1n) is 9.52. The summed E-state index contributed by atoms with van der Waals surface area (Å²) in [6.07, 6.45) is 4.96. The molecule has 0 radical (unpaired) electrons. The Morgan fingerprint density at radius 1 is 0.893 bits per heavy atom. The van der Waals surface area contributed by atoms with Crippen LogP contribution in [0.2, 0.25) is 0 Å². The van der Waals surface area contributed by atoms with E-state index in [9.17, 15) is 13.2 Å². The summed E-state index contributed by atoms with van der Waals surface area (Å²) < 4.78 is 44.0. The number of benzene rings is 3. The maximum atomic E-state index is 14.7. The van der Waals surface area contributed by atoms with Crippen molar-refractivity contribution >= 4 is 22.4 Å². The average Bonchev–Trinajstić information content (AvgIpc) is 2.73. The second-order valence-corrected chi connectivity index (χ2v) is 6.88. The molecule has 3 aromatic carbocycles. The van der Waals surface area contributed by atoms with Crippen LogP contribution in [0.3, 0.4) is 0 Å². The van der Waals surface area contributed by atoms with Crippen LogP contribution in [0, 0.1) is 5.82 Å². The minimum Gasteiger partial charge on any atom is -0.206 e. The zero-order valence-electron chi connectivity index (χ0n) is 15.9. The maximum absolute atomic E-state index is 14.7. The maximum Gasteiger partial charge on any atom is 0.166 e. The minimum atomic E-state index is -0.946. The van der Waals surface area contributed by atoms with Gasteiger partial charge in [-0.1, -0.05) is 68.0 Å². The Labute approximate surface area is 164 Å². The minimum absolute atomic E-state index is 0.100. The van der Waals surface area contributed by atoms with Crippen molar-refractivity contribution in [2.24, 2.45) is 0 Å². The zero-order valence-corrected chi connectivity index (χ0v) is 15.9. The first-order chi connectivity index (χ1) is 13.5. The van der Waals surface area contributed by atoms with Gasteiger partial charge in [0.05, 0.1) is 0 Å². The molecule has 3 aromatic rings. The smallest absolute Gasteiger partial charge is 0.166 e. The van der Waals surface area contributed by atoms with Crippen molar-refractivity contribution in [3.8, 4) is 0 Å². The van der Waals surface area contributed by atoms with Gasteiger partial charge in [-0.25, -0.2) is 13.2 Å². The Morgan fingerprint density at radius 3 is 2.25 bits per heavy atom. The van der Waals surface area contributed by atoms with Crippen LogP contribution in [-0.2, 0) is 12.8 Å². The van der Waals surface area contributed by atoms with Crippen molar-refractivity contribution in [2.75, 3.05) is 0 Å². The van der Waals surface area contributed by atoms with Crippen molar-refractivity contribution < 1.29 is 13.2 Å². The molecule has 28 heavy (non-hydrogen) atoms. The molecule has 0 atom stereocenters. The largest absolute Gasteiger partial charge is 0.206 e. The quantitative estimate of drug-likeness (QED) is 0.289. The second kappa shape index (κ2) is 8.92. The summed E-state index contributed by atoms with van der Waals surface area (Å²) in [5, 5.41) is 0.979. The summed E-state index contributed by atoms with van der Waals surface area (Å²) in [6.45, 7) is 5.67. The fraction of sp³-hybridized carbons (Fsp3) is 0.200. The lowest BCUT2D eigenvalue weighted by Gasteiger charge is -2.08. The summed E-state index contributed by atoms with van der Waals surface area (Å²) in [6, 6.07) is 14.6. The van der Waals surface area contributed by atoms with Gasteiger partial charge < -0.3 is 0 Å². The van der Waals surface area contributed by atoms with Gasteiger partial charge in [-0.15, -0.1) is 6.58 Å². The van der Waals surface area contributed by atoms with E-state index in [-0.39, 0.29) is 16.9 Å². The number of allylic oxidation sites excluding steroid dienone is 1. The lowest BCUT2D eigenvalue weighted by molar-refractivity contribution is 0.619. The van der Waals surface area contributed by atoms with Gasteiger partial charge >= 0.3 is 0 Å². The van der Waals surface area contributed by atoms with Crippen molar-refractivity contribution in [3.63, 3.8) is 0 Å². The third-order valence-corrected chi connectivity index (χ3v) is 4.84. The lowest BCUT2D eigenvalue weighted by Crippen LogP contribution is -1.92. The normalized spacial score (nSPS) is 12.1. The van der Waals surface area contributed by atoms with E-state index in [1.165, 1.54) is 18.2 Å². The van der Waals surface area contributed by atoms with Crippen LogP contribution >= 0.6 is 0 Å². The van der Waals surface area contributed by atoms with E-state index in [1.807, 2.05) is 13.0 Å². The Balaban J connectivity index is 1.93. The Bertz CT molecular complexity index is 1010. The molecule has 0 unspecified atom stereocenters. The highest BCUT2D eigenvalue weighted by Gasteiger charge is 2.14. The number of hydrogen-bond acceptors (Lipinski definition) is 0. The molecule has 0 N–H and O–H groups in total. The molecule has 0 amide bonds. The van der Waals surface area contributed by atoms with Crippen LogP contribution in [0.1, 0.15) is 42.0 Å². The first-order valence-corrected chi connectivity index (χ1v) is 9.52. The predicted molar refractivity (Wildman–Crippen MR) is 112 cm³/mol. The number of rotatable bonds is 7. The molecule has 0 aliphatic heterocycles. The first kappa shape index (κ1) is 19.9. The fourth-order valence-electron chi connectivity index (χ4n) is 3.28. The second-order valence-electron chi connectivity index (χ2n) is 6.88. The molecule has 0 bridgehead atoms. The van der Waals surface area contributed by atoms with E-state index in [1.54, 1.807) is 36.4 Å². The van der Waals surface area contributed by atoms with Crippen molar-refractivity contribution in [2.45, 2.75) is 32.6 Å². The number of fused-ring (bicyclic) bond motifs is 1. The van der Waals surface area contributed by atoms with E-state index in [4.69, 9.17) is 0 Å². The molecule has 0 heterocycles. The lowest BCUT2D eigenvalue weighted by atomic mass is 10.00. The number of halogens is 3. The molecule has 0 saturated heterocycles. The van der Waals surface area contributed by atoms with Crippen LogP contribution in [-0.4, -0.2) is 0 Å². The van der Waals surface area contributed by atoms with Gasteiger partial charge in [0.2, 0.25) is 0 Å². The molecule has 0 aliphatic carbocycles. The molecule has 3 heteroatoms. The van der Waals surface area contributed by atoms with Gasteiger partial charge in [0.25, 0.3) is 0 Å². The Morgan fingerprint density at radius 2 is 1.57 bits per heavy atom. The van der Waals surface area contributed by atoms with E-state index in [2.05, 4.69) is 6.58 Å². The van der Waals surface area contributed by atoms with Crippen LogP contribution in [0.4, 0.5) is 13.2 Å². The van der Waals surface area contributed by atoms with Gasteiger partial charge in [0.1, 0.15) is 5.82 Å². The Hall–Kier alpha value is -2.81. The third-order valence-electron chi connectivity index (χ3n) is 4.84. The summed E-state index contributed by atoms with van der Waals surface area (Å²) in [7, 11) is 0. The average molecular weight is 380 g/mol. The fourth-order valence-corrected chi connectivity index (χ4v) is 3.28. The van der Waals surface area contributed by atoms with Gasteiger partial charge in [-0.3, -0.25) is 0 Å². The summed E-state index contributed by atoms with van der Waals surface area (Å²) in [5.74, 6) is -2.15. The van der Waals surface area contributed by atoms with Crippen molar-refractivity contribution in [3.05, 3.63) is 95.3 Å². The van der Waals surface area contributed by atoms with Gasteiger partial charge in [0, 0.05) is 16.5 Å². The summed E-state index contributed by atoms with van der Waals surface area (Å²) in [5.41, 5.74) is 1.97. The van der Waals surface area contributed by atoms with Crippen LogP contribution in [0.25, 0.3) is 22.4 Å². The zero-order chi connectivity index (χ0) is 20.1. The highest BCUT2D eigenvalue weighted by Crippen LogP contribution is 2.32. The molecule has 144 valence electrons. The van der Waals surface area contributed by atoms with Crippen LogP contribution in [0.5, 0.6) is 0 Å². The van der Waals surface area contributed by atoms with E-state index in [0.29, 0.717) is 22.8 Å². The van der Waals surface area contributed by atoms with Gasteiger partial charge in [0.15, 0.2) is 11.7 Å². The van der Waals surface area contributed by atoms with Crippen LogP contribution < -0.4 is 0 Å².